The topological polar surface area (TPSA) is 79.2 Å². The second kappa shape index (κ2) is 7.86. The second-order valence-electron chi connectivity index (χ2n) is 7.27. The number of para-hydroxylation sites is 1. The number of imide groups is 1. The van der Waals surface area contributed by atoms with E-state index >= 15 is 0 Å². The number of benzene rings is 2. The highest BCUT2D eigenvalue weighted by Gasteiger charge is 2.47. The highest BCUT2D eigenvalue weighted by molar-refractivity contribution is 7.89. The molecule has 0 saturated carbocycles. The number of hydrogen-bond donors (Lipinski definition) is 1. The van der Waals surface area contributed by atoms with Crippen LogP contribution in [0.25, 0.3) is 0 Å². The fraction of sp³-hybridized carbons (Fsp3) is 0.300. The van der Waals surface area contributed by atoms with Crippen LogP contribution < -0.4 is 9.80 Å². The molecule has 2 heterocycles. The van der Waals surface area contributed by atoms with E-state index in [2.05, 4.69) is 0 Å². The van der Waals surface area contributed by atoms with Crippen molar-refractivity contribution in [1.29, 1.82) is 0 Å². The molecule has 2 aliphatic rings. The maximum atomic E-state index is 14.1. The number of carbonyl (C=O) groups is 2. The van der Waals surface area contributed by atoms with Gasteiger partial charge in [-0.05, 0) is 24.3 Å². The van der Waals surface area contributed by atoms with Gasteiger partial charge in [-0.3, -0.25) is 9.59 Å². The molecule has 2 fully saturated rings. The lowest BCUT2D eigenvalue weighted by Gasteiger charge is -2.33. The molecule has 2 aromatic carbocycles. The van der Waals surface area contributed by atoms with Crippen molar-refractivity contribution in [2.45, 2.75) is 17.4 Å². The van der Waals surface area contributed by atoms with Gasteiger partial charge in [-0.15, -0.1) is 0 Å². The third kappa shape index (κ3) is 3.51. The molecule has 158 valence electrons. The molecule has 0 aliphatic carbocycles. The summed E-state index contributed by atoms with van der Waals surface area (Å²) in [4.78, 5) is 26.5. The highest BCUT2D eigenvalue weighted by Crippen LogP contribution is 2.25. The predicted octanol–water partition coefficient (Wildman–Crippen LogP) is 0.186. The molecule has 10 heteroatoms. The molecular weight excluding hydrogens is 416 g/mol. The Morgan fingerprint density at radius 2 is 1.50 bits per heavy atom. The van der Waals surface area contributed by atoms with Crippen LogP contribution in [0.3, 0.4) is 0 Å². The van der Waals surface area contributed by atoms with Crippen LogP contribution in [0.15, 0.2) is 53.4 Å². The van der Waals surface area contributed by atoms with E-state index in [9.17, 15) is 26.8 Å². The van der Waals surface area contributed by atoms with Crippen molar-refractivity contribution >= 4 is 27.5 Å². The normalized spacial score (nSPS) is 21.4. The third-order valence-corrected chi connectivity index (χ3v) is 7.48. The van der Waals surface area contributed by atoms with E-state index in [0.717, 1.165) is 15.9 Å². The molecule has 2 saturated heterocycles. The first-order valence-corrected chi connectivity index (χ1v) is 11.0. The quantitative estimate of drug-likeness (QED) is 0.694. The molecule has 30 heavy (non-hydrogen) atoms. The summed E-state index contributed by atoms with van der Waals surface area (Å²) in [5, 5.41) is 0. The Morgan fingerprint density at radius 3 is 2.13 bits per heavy atom. The molecule has 0 bridgehead atoms. The summed E-state index contributed by atoms with van der Waals surface area (Å²) in [5.74, 6) is -2.45. The lowest BCUT2D eigenvalue weighted by molar-refractivity contribution is -0.918. The van der Waals surface area contributed by atoms with E-state index in [4.69, 9.17) is 0 Å². The summed E-state index contributed by atoms with van der Waals surface area (Å²) >= 11 is 0. The monoisotopic (exact) mass is 436 g/mol. The minimum absolute atomic E-state index is 0.0669. The number of rotatable bonds is 4. The Balaban J connectivity index is 1.47. The number of nitrogens with zero attached hydrogens (tertiary/aromatic N) is 2. The van der Waals surface area contributed by atoms with Crippen LogP contribution >= 0.6 is 0 Å². The van der Waals surface area contributed by atoms with Gasteiger partial charge in [0.15, 0.2) is 6.04 Å². The maximum Gasteiger partial charge on any atom is 0.292 e. The molecule has 2 aromatic rings. The Kier molecular flexibility index (Phi) is 5.39. The first-order chi connectivity index (χ1) is 14.3. The molecular formula is C20H20F2N3O4S+. The fourth-order valence-corrected chi connectivity index (χ4v) is 5.50. The minimum Gasteiger partial charge on any atom is -0.322 e. The van der Waals surface area contributed by atoms with E-state index in [0.29, 0.717) is 0 Å². The number of hydrogen-bond acceptors (Lipinski definition) is 4. The molecule has 0 radical (unpaired) electrons. The van der Waals surface area contributed by atoms with Gasteiger partial charge in [-0.2, -0.15) is 4.31 Å². The summed E-state index contributed by atoms with van der Waals surface area (Å²) in [7, 11) is -3.99. The molecule has 0 aromatic heterocycles. The molecule has 4 rings (SSSR count). The molecule has 0 spiro atoms. The summed E-state index contributed by atoms with van der Waals surface area (Å²) in [6.45, 7) is 0.734. The second-order valence-corrected chi connectivity index (χ2v) is 9.17. The number of anilines is 1. The molecule has 0 unspecified atom stereocenters. The van der Waals surface area contributed by atoms with Crippen molar-refractivity contribution in [1.82, 2.24) is 4.31 Å². The molecule has 1 N–H and O–H groups in total. The third-order valence-electron chi connectivity index (χ3n) is 5.55. The van der Waals surface area contributed by atoms with Crippen molar-refractivity contribution in [3.05, 3.63) is 60.2 Å². The maximum absolute atomic E-state index is 14.1. The van der Waals surface area contributed by atoms with Gasteiger partial charge in [-0.1, -0.05) is 24.3 Å². The van der Waals surface area contributed by atoms with Gasteiger partial charge in [0.25, 0.3) is 5.91 Å². The Labute approximate surface area is 172 Å². The van der Waals surface area contributed by atoms with E-state index in [1.165, 1.54) is 40.7 Å². The standard InChI is InChI=1S/C20H19F2N3O4S/c21-14-5-1-3-7-16(14)25-19(26)13-17(20(25)27)23-9-11-24(12-10-23)30(28,29)18-8-4-2-6-15(18)22/h1-8,17H,9-13H2/p+1/t17-/m0/s1. The number of piperazine rings is 1. The number of amides is 2. The van der Waals surface area contributed by atoms with Gasteiger partial charge in [-0.25, -0.2) is 22.1 Å². The summed E-state index contributed by atoms with van der Waals surface area (Å²) in [6, 6.07) is 10.1. The zero-order valence-electron chi connectivity index (χ0n) is 15.9. The van der Waals surface area contributed by atoms with Crippen LogP contribution in [0.5, 0.6) is 0 Å². The van der Waals surface area contributed by atoms with Crippen LogP contribution in [-0.4, -0.2) is 56.8 Å². The van der Waals surface area contributed by atoms with Crippen LogP contribution in [0.1, 0.15) is 6.42 Å². The average Bonchev–Trinajstić information content (AvgIpc) is 3.03. The van der Waals surface area contributed by atoms with E-state index < -0.39 is 39.5 Å². The van der Waals surface area contributed by atoms with Crippen molar-refractivity contribution in [3.8, 4) is 0 Å². The number of sulfonamides is 1. The first kappa shape index (κ1) is 20.6. The molecule has 2 aliphatic heterocycles. The molecule has 2 amide bonds. The van der Waals surface area contributed by atoms with Gasteiger partial charge in [0.2, 0.25) is 15.9 Å². The van der Waals surface area contributed by atoms with E-state index in [1.54, 1.807) is 6.07 Å². The smallest absolute Gasteiger partial charge is 0.292 e. The SMILES string of the molecule is O=C1C[C@H]([NH+]2CCN(S(=O)(=O)c3ccccc3F)CC2)C(=O)N1c1ccccc1F. The average molecular weight is 436 g/mol. The Morgan fingerprint density at radius 1 is 0.900 bits per heavy atom. The first-order valence-electron chi connectivity index (χ1n) is 9.51. The van der Waals surface area contributed by atoms with Gasteiger partial charge in [0.1, 0.15) is 16.5 Å². The fourth-order valence-electron chi connectivity index (χ4n) is 3.99. The number of carbonyl (C=O) groups excluding carboxylic acids is 2. The Bertz CT molecular complexity index is 1100. The molecule has 1 atom stereocenters. The van der Waals surface area contributed by atoms with Crippen LogP contribution in [0.2, 0.25) is 0 Å². The number of quaternary nitrogens is 1. The van der Waals surface area contributed by atoms with Gasteiger partial charge >= 0.3 is 0 Å². The zero-order chi connectivity index (χ0) is 21.5. The van der Waals surface area contributed by atoms with Crippen molar-refractivity contribution in [2.24, 2.45) is 0 Å². The van der Waals surface area contributed by atoms with Gasteiger partial charge in [0.05, 0.1) is 38.3 Å². The lowest BCUT2D eigenvalue weighted by Crippen LogP contribution is -3.19. The van der Waals surface area contributed by atoms with Crippen LogP contribution in [0.4, 0.5) is 14.5 Å². The zero-order valence-corrected chi connectivity index (χ0v) is 16.7. The highest BCUT2D eigenvalue weighted by atomic mass is 32.2. The van der Waals surface area contributed by atoms with Crippen LogP contribution in [0, 0.1) is 11.6 Å². The summed E-state index contributed by atoms with van der Waals surface area (Å²) < 4.78 is 54.7. The van der Waals surface area contributed by atoms with Crippen molar-refractivity contribution in [2.75, 3.05) is 31.1 Å². The van der Waals surface area contributed by atoms with Gasteiger partial charge < -0.3 is 4.90 Å². The summed E-state index contributed by atoms with van der Waals surface area (Å²) in [6.07, 6.45) is -0.0669. The van der Waals surface area contributed by atoms with Crippen molar-refractivity contribution < 1.29 is 31.7 Å². The number of halogens is 2. The van der Waals surface area contributed by atoms with Crippen LogP contribution in [-0.2, 0) is 19.6 Å². The van der Waals surface area contributed by atoms with Gasteiger partial charge in [0, 0.05) is 0 Å². The largest absolute Gasteiger partial charge is 0.322 e. The summed E-state index contributed by atoms with van der Waals surface area (Å²) in [5.41, 5.74) is -0.0739. The number of nitrogens with one attached hydrogen (secondary N) is 1. The van der Waals surface area contributed by atoms with Crippen molar-refractivity contribution in [3.63, 3.8) is 0 Å². The van der Waals surface area contributed by atoms with E-state index in [1.807, 2.05) is 0 Å². The van der Waals surface area contributed by atoms with E-state index in [-0.39, 0.29) is 43.2 Å². The predicted molar refractivity (Wildman–Crippen MR) is 103 cm³/mol. The minimum atomic E-state index is -3.99. The lowest BCUT2D eigenvalue weighted by atomic mass is 10.2. The molecule has 7 nitrogen and oxygen atoms in total. The Hall–Kier alpha value is -2.69.